The second-order valence-corrected chi connectivity index (χ2v) is 7.50. The van der Waals surface area contributed by atoms with Gasteiger partial charge in [0.2, 0.25) is 5.91 Å². The minimum absolute atomic E-state index is 0.231. The van der Waals surface area contributed by atoms with Crippen molar-refractivity contribution < 1.29 is 4.79 Å². The van der Waals surface area contributed by atoms with E-state index in [1.54, 1.807) is 0 Å². The largest absolute Gasteiger partial charge is 0.368 e. The predicted molar refractivity (Wildman–Crippen MR) is 84.4 cm³/mol. The average molecular weight is 286 g/mol. The molecule has 1 aliphatic rings. The molecule has 4 heteroatoms. The lowest BCUT2D eigenvalue weighted by molar-refractivity contribution is -0.124. The van der Waals surface area contributed by atoms with Gasteiger partial charge in [0.05, 0.1) is 5.54 Å². The Labute approximate surface area is 122 Å². The van der Waals surface area contributed by atoms with Crippen molar-refractivity contribution in [1.82, 2.24) is 5.32 Å². The molecule has 1 rings (SSSR count). The number of amides is 1. The molecule has 0 saturated heterocycles. The zero-order chi connectivity index (χ0) is 14.3. The van der Waals surface area contributed by atoms with Crippen molar-refractivity contribution in [3.05, 3.63) is 0 Å². The zero-order valence-electron chi connectivity index (χ0n) is 12.7. The predicted octanol–water partition coefficient (Wildman–Crippen LogP) is 2.93. The van der Waals surface area contributed by atoms with Gasteiger partial charge in [-0.2, -0.15) is 11.8 Å². The number of rotatable bonds is 8. The number of carbonyl (C=O) groups is 1. The molecule has 1 amide bonds. The fraction of sp³-hybridized carbons (Fsp3) is 0.933. The Balaban J connectivity index is 2.23. The van der Waals surface area contributed by atoms with E-state index in [1.165, 1.54) is 25.7 Å². The van der Waals surface area contributed by atoms with E-state index in [-0.39, 0.29) is 5.91 Å². The molecular weight excluding hydrogens is 256 g/mol. The van der Waals surface area contributed by atoms with Crippen molar-refractivity contribution in [3.8, 4) is 0 Å². The molecule has 0 radical (unpaired) electrons. The third-order valence-corrected chi connectivity index (χ3v) is 5.60. The van der Waals surface area contributed by atoms with Gasteiger partial charge in [-0.15, -0.1) is 0 Å². The molecule has 112 valence electrons. The minimum Gasteiger partial charge on any atom is -0.368 e. The molecule has 0 bridgehead atoms. The highest BCUT2D eigenvalue weighted by Gasteiger charge is 2.29. The van der Waals surface area contributed by atoms with E-state index in [1.807, 2.05) is 13.8 Å². The summed E-state index contributed by atoms with van der Waals surface area (Å²) in [5, 5.41) is 4.06. The molecule has 0 aromatic carbocycles. The molecule has 0 aliphatic heterocycles. The Kier molecular flexibility index (Phi) is 7.22. The summed E-state index contributed by atoms with van der Waals surface area (Å²) in [6.45, 7) is 7.08. The first kappa shape index (κ1) is 16.8. The van der Waals surface area contributed by atoms with E-state index < -0.39 is 5.54 Å². The Morgan fingerprint density at radius 2 is 2.21 bits per heavy atom. The maximum absolute atomic E-state index is 11.5. The van der Waals surface area contributed by atoms with Crippen molar-refractivity contribution in [1.29, 1.82) is 0 Å². The van der Waals surface area contributed by atoms with Gasteiger partial charge in [0.1, 0.15) is 0 Å². The lowest BCUT2D eigenvalue weighted by Crippen LogP contribution is -2.53. The number of carbonyl (C=O) groups excluding carboxylic acids is 1. The third kappa shape index (κ3) is 5.74. The first-order valence-electron chi connectivity index (χ1n) is 7.64. The molecule has 1 aliphatic carbocycles. The van der Waals surface area contributed by atoms with Crippen LogP contribution in [-0.4, -0.2) is 29.0 Å². The van der Waals surface area contributed by atoms with Gasteiger partial charge in [0, 0.05) is 5.25 Å². The number of hydrogen-bond acceptors (Lipinski definition) is 3. The molecule has 1 saturated carbocycles. The summed E-state index contributed by atoms with van der Waals surface area (Å²) < 4.78 is 0. The summed E-state index contributed by atoms with van der Waals surface area (Å²) in [5.74, 6) is 1.81. The van der Waals surface area contributed by atoms with E-state index in [0.717, 1.165) is 36.3 Å². The number of nitrogens with two attached hydrogens (primary N) is 1. The standard InChI is InChI=1S/C15H30N2OS/c1-4-17-15(3,14(16)18)9-6-10-19-13-8-5-7-12(2)11-13/h12-13,17H,4-11H2,1-3H3,(H2,16,18). The summed E-state index contributed by atoms with van der Waals surface area (Å²) in [7, 11) is 0. The fourth-order valence-corrected chi connectivity index (χ4v) is 4.34. The number of nitrogens with one attached hydrogen (secondary N) is 1. The van der Waals surface area contributed by atoms with Crippen LogP contribution in [0.3, 0.4) is 0 Å². The van der Waals surface area contributed by atoms with E-state index >= 15 is 0 Å². The van der Waals surface area contributed by atoms with Gasteiger partial charge in [0.15, 0.2) is 0 Å². The quantitative estimate of drug-likeness (QED) is 0.675. The van der Waals surface area contributed by atoms with Crippen LogP contribution < -0.4 is 11.1 Å². The summed E-state index contributed by atoms with van der Waals surface area (Å²) >= 11 is 2.09. The second-order valence-electron chi connectivity index (χ2n) is 6.09. The summed E-state index contributed by atoms with van der Waals surface area (Å²) in [4.78, 5) is 11.5. The normalized spacial score (nSPS) is 26.9. The van der Waals surface area contributed by atoms with Crippen molar-refractivity contribution in [3.63, 3.8) is 0 Å². The molecule has 3 unspecified atom stereocenters. The van der Waals surface area contributed by atoms with E-state index in [0.29, 0.717) is 0 Å². The molecule has 3 atom stereocenters. The average Bonchev–Trinajstić information content (AvgIpc) is 2.35. The van der Waals surface area contributed by atoms with Crippen LogP contribution in [0.15, 0.2) is 0 Å². The highest BCUT2D eigenvalue weighted by molar-refractivity contribution is 7.99. The van der Waals surface area contributed by atoms with Crippen LogP contribution in [0.2, 0.25) is 0 Å². The number of hydrogen-bond donors (Lipinski definition) is 2. The minimum atomic E-state index is -0.533. The zero-order valence-corrected chi connectivity index (χ0v) is 13.5. The summed E-state index contributed by atoms with van der Waals surface area (Å²) in [6.07, 6.45) is 7.42. The second kappa shape index (κ2) is 8.15. The lowest BCUT2D eigenvalue weighted by Gasteiger charge is -2.28. The fourth-order valence-electron chi connectivity index (χ4n) is 2.89. The Morgan fingerprint density at radius 1 is 1.47 bits per heavy atom. The third-order valence-electron chi connectivity index (χ3n) is 4.17. The molecule has 0 aromatic rings. The SMILES string of the molecule is CCNC(C)(CCCSC1CCCC(C)C1)C(N)=O. The van der Waals surface area contributed by atoms with E-state index in [2.05, 4.69) is 24.0 Å². The van der Waals surface area contributed by atoms with Crippen LogP contribution in [0.25, 0.3) is 0 Å². The van der Waals surface area contributed by atoms with Crippen molar-refractivity contribution >= 4 is 17.7 Å². The van der Waals surface area contributed by atoms with Gasteiger partial charge in [-0.25, -0.2) is 0 Å². The lowest BCUT2D eigenvalue weighted by atomic mass is 9.91. The van der Waals surface area contributed by atoms with Gasteiger partial charge >= 0.3 is 0 Å². The van der Waals surface area contributed by atoms with Crippen molar-refractivity contribution in [2.75, 3.05) is 12.3 Å². The Morgan fingerprint density at radius 3 is 2.79 bits per heavy atom. The van der Waals surface area contributed by atoms with Crippen LogP contribution in [0, 0.1) is 5.92 Å². The van der Waals surface area contributed by atoms with E-state index in [9.17, 15) is 4.79 Å². The Bertz CT molecular complexity index is 285. The van der Waals surface area contributed by atoms with Gasteiger partial charge in [-0.05, 0) is 50.8 Å². The molecule has 0 spiro atoms. The van der Waals surface area contributed by atoms with Gasteiger partial charge in [-0.1, -0.05) is 26.7 Å². The molecule has 1 fully saturated rings. The molecular formula is C15H30N2OS. The maximum Gasteiger partial charge on any atom is 0.237 e. The maximum atomic E-state index is 11.5. The first-order chi connectivity index (χ1) is 8.98. The number of primary amides is 1. The van der Waals surface area contributed by atoms with Gasteiger partial charge in [0.25, 0.3) is 0 Å². The van der Waals surface area contributed by atoms with Gasteiger partial charge < -0.3 is 11.1 Å². The molecule has 0 heterocycles. The van der Waals surface area contributed by atoms with Crippen molar-refractivity contribution in [2.24, 2.45) is 11.7 Å². The first-order valence-corrected chi connectivity index (χ1v) is 8.69. The van der Waals surface area contributed by atoms with Gasteiger partial charge in [-0.3, -0.25) is 4.79 Å². The van der Waals surface area contributed by atoms with E-state index in [4.69, 9.17) is 5.73 Å². The monoisotopic (exact) mass is 286 g/mol. The highest BCUT2D eigenvalue weighted by Crippen LogP contribution is 2.32. The topological polar surface area (TPSA) is 55.1 Å². The van der Waals surface area contributed by atoms with Crippen LogP contribution >= 0.6 is 11.8 Å². The summed E-state index contributed by atoms with van der Waals surface area (Å²) in [5.41, 5.74) is 4.96. The van der Waals surface area contributed by atoms with Crippen LogP contribution in [0.1, 0.15) is 59.3 Å². The number of likely N-dealkylation sites (N-methyl/N-ethyl adjacent to an activating group) is 1. The number of thioether (sulfide) groups is 1. The smallest absolute Gasteiger partial charge is 0.237 e. The van der Waals surface area contributed by atoms with Crippen LogP contribution in [0.5, 0.6) is 0 Å². The molecule has 3 N–H and O–H groups in total. The molecule has 19 heavy (non-hydrogen) atoms. The Hall–Kier alpha value is -0.220. The molecule has 0 aromatic heterocycles. The summed E-state index contributed by atoms with van der Waals surface area (Å²) in [6, 6.07) is 0. The van der Waals surface area contributed by atoms with Crippen LogP contribution in [-0.2, 0) is 4.79 Å². The molecule has 3 nitrogen and oxygen atoms in total. The van der Waals surface area contributed by atoms with Crippen LogP contribution in [0.4, 0.5) is 0 Å². The van der Waals surface area contributed by atoms with Crippen molar-refractivity contribution in [2.45, 2.75) is 70.1 Å². The highest BCUT2D eigenvalue weighted by atomic mass is 32.2.